The number of aromatic nitrogens is 2. The Morgan fingerprint density at radius 3 is 2.76 bits per heavy atom. The first kappa shape index (κ1) is 19.8. The lowest BCUT2D eigenvalue weighted by Crippen LogP contribution is -2.40. The second kappa shape index (κ2) is 8.10. The van der Waals surface area contributed by atoms with Gasteiger partial charge >= 0.3 is 0 Å². The third kappa shape index (κ3) is 3.73. The number of benzene rings is 1. The van der Waals surface area contributed by atoms with E-state index >= 15 is 0 Å². The van der Waals surface area contributed by atoms with Gasteiger partial charge in [-0.3, -0.25) is 14.7 Å². The maximum atomic E-state index is 13.4. The minimum absolute atomic E-state index is 0.114. The molecule has 2 aromatic heterocycles. The van der Waals surface area contributed by atoms with Gasteiger partial charge in [-0.25, -0.2) is 0 Å². The third-order valence-corrected chi connectivity index (χ3v) is 6.26. The minimum Gasteiger partial charge on any atom is -0.311 e. The standard InChI is InChI=1S/C23H23BrN4O/c1-15-5-3-4-10-27(15)14-21(29)22-16(2)28(19-8-6-17(12-25)7-9-19)20-11-18(24)13-26-23(20)22/h6-9,11,13,15H,3-5,10,14H2,1-2H3/t15-/m1/s1. The van der Waals surface area contributed by atoms with Gasteiger partial charge in [0.15, 0.2) is 5.78 Å². The lowest BCUT2D eigenvalue weighted by Gasteiger charge is -2.32. The van der Waals surface area contributed by atoms with Crippen LogP contribution in [0, 0.1) is 18.3 Å². The largest absolute Gasteiger partial charge is 0.311 e. The van der Waals surface area contributed by atoms with Crippen molar-refractivity contribution in [2.24, 2.45) is 0 Å². The molecule has 1 aromatic carbocycles. The first-order valence-electron chi connectivity index (χ1n) is 9.94. The van der Waals surface area contributed by atoms with Gasteiger partial charge < -0.3 is 4.57 Å². The molecular formula is C23H23BrN4O. The summed E-state index contributed by atoms with van der Waals surface area (Å²) >= 11 is 3.51. The van der Waals surface area contributed by atoms with Crippen LogP contribution in [0.15, 0.2) is 41.0 Å². The van der Waals surface area contributed by atoms with Crippen LogP contribution in [0.2, 0.25) is 0 Å². The van der Waals surface area contributed by atoms with Crippen LogP contribution in [0.1, 0.15) is 47.8 Å². The highest BCUT2D eigenvalue weighted by Crippen LogP contribution is 2.31. The fraction of sp³-hybridized carbons (Fsp3) is 0.348. The molecule has 1 aliphatic rings. The van der Waals surface area contributed by atoms with Crippen LogP contribution < -0.4 is 0 Å². The lowest BCUT2D eigenvalue weighted by atomic mass is 10.0. The number of carbonyl (C=O) groups excluding carboxylic acids is 1. The number of carbonyl (C=O) groups is 1. The molecule has 0 spiro atoms. The number of piperidine rings is 1. The number of nitrogens with zero attached hydrogens (tertiary/aromatic N) is 4. The molecule has 1 atom stereocenters. The van der Waals surface area contributed by atoms with Gasteiger partial charge in [0.05, 0.1) is 34.8 Å². The summed E-state index contributed by atoms with van der Waals surface area (Å²) in [4.78, 5) is 20.3. The van der Waals surface area contributed by atoms with Crippen molar-refractivity contribution < 1.29 is 4.79 Å². The number of hydrogen-bond acceptors (Lipinski definition) is 4. The fourth-order valence-electron chi connectivity index (χ4n) is 4.26. The van der Waals surface area contributed by atoms with Gasteiger partial charge in [0.25, 0.3) is 0 Å². The summed E-state index contributed by atoms with van der Waals surface area (Å²) in [6.45, 7) is 5.57. The van der Waals surface area contributed by atoms with Crippen molar-refractivity contribution in [2.45, 2.75) is 39.2 Å². The topological polar surface area (TPSA) is 61.9 Å². The second-order valence-electron chi connectivity index (χ2n) is 7.71. The Labute approximate surface area is 179 Å². The Hall–Kier alpha value is -2.49. The summed E-state index contributed by atoms with van der Waals surface area (Å²) in [6, 6.07) is 12.0. The Bertz CT molecular complexity index is 1110. The number of fused-ring (bicyclic) bond motifs is 1. The van der Waals surface area contributed by atoms with E-state index in [1.165, 1.54) is 6.42 Å². The summed E-state index contributed by atoms with van der Waals surface area (Å²) in [5.41, 5.74) is 4.70. The average molecular weight is 451 g/mol. The minimum atomic E-state index is 0.114. The van der Waals surface area contributed by atoms with E-state index < -0.39 is 0 Å². The Morgan fingerprint density at radius 1 is 1.31 bits per heavy atom. The number of likely N-dealkylation sites (tertiary alicyclic amines) is 1. The van der Waals surface area contributed by atoms with Crippen LogP contribution in [-0.2, 0) is 0 Å². The van der Waals surface area contributed by atoms with Crippen LogP contribution in [0.3, 0.4) is 0 Å². The Balaban J connectivity index is 1.81. The maximum Gasteiger partial charge on any atom is 0.180 e. The van der Waals surface area contributed by atoms with Gasteiger partial charge in [0.1, 0.15) is 0 Å². The molecule has 1 saturated heterocycles. The van der Waals surface area contributed by atoms with Gasteiger partial charge in [0.2, 0.25) is 0 Å². The molecule has 3 aromatic rings. The van der Waals surface area contributed by atoms with E-state index in [9.17, 15) is 4.79 Å². The predicted molar refractivity (Wildman–Crippen MR) is 117 cm³/mol. The molecule has 1 aliphatic heterocycles. The van der Waals surface area contributed by atoms with E-state index in [4.69, 9.17) is 5.26 Å². The lowest BCUT2D eigenvalue weighted by molar-refractivity contribution is 0.0861. The molecule has 0 saturated carbocycles. The molecule has 0 N–H and O–H groups in total. The van der Waals surface area contributed by atoms with E-state index in [1.54, 1.807) is 18.3 Å². The number of pyridine rings is 1. The summed E-state index contributed by atoms with van der Waals surface area (Å²) in [5.74, 6) is 0.114. The van der Waals surface area contributed by atoms with Crippen molar-refractivity contribution in [3.8, 4) is 11.8 Å². The molecule has 6 heteroatoms. The van der Waals surface area contributed by atoms with Crippen molar-refractivity contribution in [1.82, 2.24) is 14.5 Å². The number of rotatable bonds is 4. The number of nitriles is 1. The SMILES string of the molecule is Cc1c(C(=O)CN2CCCC[C@H]2C)c2ncc(Br)cc2n1-c1ccc(C#N)cc1. The number of halogens is 1. The Kier molecular flexibility index (Phi) is 5.53. The molecule has 0 aliphatic carbocycles. The van der Waals surface area contributed by atoms with Gasteiger partial charge in [0, 0.05) is 28.1 Å². The maximum absolute atomic E-state index is 13.4. The van der Waals surface area contributed by atoms with E-state index in [-0.39, 0.29) is 5.78 Å². The van der Waals surface area contributed by atoms with Crippen LogP contribution in [-0.4, -0.2) is 39.4 Å². The van der Waals surface area contributed by atoms with Crippen LogP contribution >= 0.6 is 15.9 Å². The van der Waals surface area contributed by atoms with Crippen molar-refractivity contribution in [3.63, 3.8) is 0 Å². The molecule has 29 heavy (non-hydrogen) atoms. The van der Waals surface area contributed by atoms with Crippen molar-refractivity contribution >= 4 is 32.7 Å². The summed E-state index contributed by atoms with van der Waals surface area (Å²) in [6.07, 6.45) is 5.27. The molecule has 3 heterocycles. The molecular weight excluding hydrogens is 428 g/mol. The highest BCUT2D eigenvalue weighted by molar-refractivity contribution is 9.10. The van der Waals surface area contributed by atoms with Crippen LogP contribution in [0.25, 0.3) is 16.7 Å². The van der Waals surface area contributed by atoms with Crippen molar-refractivity contribution in [3.05, 3.63) is 57.8 Å². The zero-order valence-corrected chi connectivity index (χ0v) is 18.2. The number of hydrogen-bond donors (Lipinski definition) is 0. The number of Topliss-reactive ketones (excluding diaryl/α,β-unsaturated/α-hetero) is 1. The highest BCUT2D eigenvalue weighted by Gasteiger charge is 2.26. The fourth-order valence-corrected chi connectivity index (χ4v) is 4.58. The number of ketones is 1. The highest BCUT2D eigenvalue weighted by atomic mass is 79.9. The zero-order chi connectivity index (χ0) is 20.5. The third-order valence-electron chi connectivity index (χ3n) is 5.83. The zero-order valence-electron chi connectivity index (χ0n) is 16.7. The smallest absolute Gasteiger partial charge is 0.180 e. The van der Waals surface area contributed by atoms with Crippen LogP contribution in [0.4, 0.5) is 0 Å². The quantitative estimate of drug-likeness (QED) is 0.523. The van der Waals surface area contributed by atoms with E-state index in [2.05, 4.69) is 43.4 Å². The normalized spacial score (nSPS) is 17.4. The first-order chi connectivity index (χ1) is 14.0. The van der Waals surface area contributed by atoms with Crippen LogP contribution in [0.5, 0.6) is 0 Å². The first-order valence-corrected chi connectivity index (χ1v) is 10.7. The second-order valence-corrected chi connectivity index (χ2v) is 8.63. The van der Waals surface area contributed by atoms with Crippen molar-refractivity contribution in [2.75, 3.05) is 13.1 Å². The molecule has 1 fully saturated rings. The van der Waals surface area contributed by atoms with E-state index in [1.807, 2.05) is 25.1 Å². The van der Waals surface area contributed by atoms with Gasteiger partial charge in [-0.05, 0) is 79.5 Å². The molecule has 5 nitrogen and oxygen atoms in total. The molecule has 148 valence electrons. The molecule has 0 bridgehead atoms. The van der Waals surface area contributed by atoms with E-state index in [0.717, 1.165) is 46.3 Å². The van der Waals surface area contributed by atoms with Gasteiger partial charge in [-0.1, -0.05) is 6.42 Å². The van der Waals surface area contributed by atoms with E-state index in [0.29, 0.717) is 23.7 Å². The molecule has 0 unspecified atom stereocenters. The molecule has 0 amide bonds. The van der Waals surface area contributed by atoms with Gasteiger partial charge in [-0.2, -0.15) is 5.26 Å². The molecule has 0 radical (unpaired) electrons. The summed E-state index contributed by atoms with van der Waals surface area (Å²) < 4.78 is 2.92. The van der Waals surface area contributed by atoms with Crippen molar-refractivity contribution in [1.29, 1.82) is 5.26 Å². The monoisotopic (exact) mass is 450 g/mol. The predicted octanol–water partition coefficient (Wildman–Crippen LogP) is 5.03. The average Bonchev–Trinajstić information content (AvgIpc) is 3.01. The summed E-state index contributed by atoms with van der Waals surface area (Å²) in [7, 11) is 0. The Morgan fingerprint density at radius 2 is 2.07 bits per heavy atom. The van der Waals surface area contributed by atoms with Gasteiger partial charge in [-0.15, -0.1) is 0 Å². The summed E-state index contributed by atoms with van der Waals surface area (Å²) in [5, 5.41) is 9.09. The molecule has 4 rings (SSSR count).